The van der Waals surface area contributed by atoms with Gasteiger partial charge in [-0.2, -0.15) is 0 Å². The summed E-state index contributed by atoms with van der Waals surface area (Å²) in [5.74, 6) is 2.40. The Morgan fingerprint density at radius 2 is 1.49 bits per heavy atom. The van der Waals surface area contributed by atoms with E-state index in [1.807, 2.05) is 76.4 Å². The smallest absolute Gasteiger partial charge is 0.154 e. The maximum absolute atomic E-state index is 4.68. The maximum atomic E-state index is 4.68. The molecule has 210 valence electrons. The maximum Gasteiger partial charge on any atom is 0.154 e. The Labute approximate surface area is 236 Å². The fraction of sp³-hybridized carbons (Fsp3) is 0.424. The minimum absolute atomic E-state index is 0.754. The van der Waals surface area contributed by atoms with Crippen LogP contribution >= 0.6 is 0 Å². The van der Waals surface area contributed by atoms with Gasteiger partial charge in [0.05, 0.1) is 0 Å². The molecule has 0 aliphatic carbocycles. The number of nitrogens with zero attached hydrogens (tertiary/aromatic N) is 5. The quantitative estimate of drug-likeness (QED) is 0.347. The summed E-state index contributed by atoms with van der Waals surface area (Å²) in [4.78, 5) is 18.3. The van der Waals surface area contributed by atoms with E-state index in [2.05, 4.69) is 77.6 Å². The van der Waals surface area contributed by atoms with Crippen LogP contribution in [0.15, 0.2) is 66.3 Å². The van der Waals surface area contributed by atoms with Gasteiger partial charge in [-0.05, 0) is 89.2 Å². The Hall–Kier alpha value is -3.35. The zero-order valence-electron chi connectivity index (χ0n) is 25.5. The van der Waals surface area contributed by atoms with E-state index in [0.29, 0.717) is 0 Å². The Morgan fingerprint density at radius 3 is 1.97 bits per heavy atom. The lowest BCUT2D eigenvalue weighted by Gasteiger charge is -2.28. The van der Waals surface area contributed by atoms with Gasteiger partial charge in [-0.25, -0.2) is 15.0 Å². The lowest BCUT2D eigenvalue weighted by Crippen LogP contribution is -2.42. The van der Waals surface area contributed by atoms with Gasteiger partial charge in [-0.15, -0.1) is 0 Å². The molecule has 4 rings (SSSR count). The molecule has 0 amide bonds. The van der Waals surface area contributed by atoms with Crippen LogP contribution in [0, 0.1) is 19.8 Å². The van der Waals surface area contributed by atoms with Gasteiger partial charge in [0, 0.05) is 60.6 Å². The van der Waals surface area contributed by atoms with Crippen LogP contribution in [-0.2, 0) is 0 Å². The van der Waals surface area contributed by atoms with Crippen molar-refractivity contribution in [1.82, 2.24) is 19.8 Å². The van der Waals surface area contributed by atoms with Crippen molar-refractivity contribution in [1.29, 1.82) is 0 Å². The molecule has 0 saturated carbocycles. The molecule has 3 heterocycles. The lowest BCUT2D eigenvalue weighted by atomic mass is 9.99. The standard InChI is InChI=1S/C23H24N4.C6H14N2.C4H10/c1-15(2)25-23-16(3)13-19(14-24-23)17(4)21-11-12-22(26-18(21)5)27-20-9-7-6-8-10-20;1-7-3-5-8(2)6-4-7;1-4(2)3/h6-14H,4H2,1-3,5H3,(H,26,27);3-6H2,1-2H3;4H,1-3H3. The summed E-state index contributed by atoms with van der Waals surface area (Å²) >= 11 is 0. The van der Waals surface area contributed by atoms with E-state index in [9.17, 15) is 0 Å². The van der Waals surface area contributed by atoms with Gasteiger partial charge in [0.15, 0.2) is 5.82 Å². The lowest BCUT2D eigenvalue weighted by molar-refractivity contribution is 0.181. The Morgan fingerprint density at radius 1 is 0.923 bits per heavy atom. The molecule has 1 fully saturated rings. The van der Waals surface area contributed by atoms with Gasteiger partial charge >= 0.3 is 0 Å². The largest absolute Gasteiger partial charge is 0.340 e. The van der Waals surface area contributed by atoms with E-state index in [1.165, 1.54) is 26.2 Å². The van der Waals surface area contributed by atoms with Crippen LogP contribution < -0.4 is 5.32 Å². The number of aryl methyl sites for hydroxylation is 2. The highest BCUT2D eigenvalue weighted by atomic mass is 15.2. The van der Waals surface area contributed by atoms with Crippen molar-refractivity contribution < 1.29 is 0 Å². The van der Waals surface area contributed by atoms with Crippen LogP contribution in [0.1, 0.15) is 57.0 Å². The van der Waals surface area contributed by atoms with Gasteiger partial charge in [0.25, 0.3) is 0 Å². The Bertz CT molecular complexity index is 1190. The molecule has 1 aromatic carbocycles. The number of aliphatic imine (C=N–C) groups is 1. The molecule has 0 unspecified atom stereocenters. The van der Waals surface area contributed by atoms with E-state index < -0.39 is 0 Å². The van der Waals surface area contributed by atoms with Crippen molar-refractivity contribution in [2.24, 2.45) is 10.9 Å². The number of rotatable bonds is 5. The highest BCUT2D eigenvalue weighted by Gasteiger charge is 2.11. The third-order valence-corrected chi connectivity index (χ3v) is 5.91. The predicted octanol–water partition coefficient (Wildman–Crippen LogP) is 7.54. The second-order valence-corrected chi connectivity index (χ2v) is 11.1. The second-order valence-electron chi connectivity index (χ2n) is 11.1. The number of hydrogen-bond acceptors (Lipinski definition) is 6. The second kappa shape index (κ2) is 15.9. The first-order valence-corrected chi connectivity index (χ1v) is 13.8. The molecule has 6 nitrogen and oxygen atoms in total. The molecule has 3 aromatic rings. The fourth-order valence-electron chi connectivity index (χ4n) is 3.74. The minimum Gasteiger partial charge on any atom is -0.340 e. The van der Waals surface area contributed by atoms with Crippen LogP contribution in [0.25, 0.3) is 5.57 Å². The van der Waals surface area contributed by atoms with Gasteiger partial charge in [-0.3, -0.25) is 0 Å². The van der Waals surface area contributed by atoms with E-state index in [-0.39, 0.29) is 0 Å². The molecule has 0 bridgehead atoms. The Balaban J connectivity index is 0.000000368. The summed E-state index contributed by atoms with van der Waals surface area (Å²) in [5.41, 5.74) is 6.85. The molecule has 0 atom stereocenters. The number of hydrogen-bond donors (Lipinski definition) is 1. The summed E-state index contributed by atoms with van der Waals surface area (Å²) < 4.78 is 0. The first-order chi connectivity index (χ1) is 18.5. The van der Waals surface area contributed by atoms with Crippen LogP contribution in [-0.4, -0.2) is 65.8 Å². The van der Waals surface area contributed by atoms with Crippen LogP contribution in [0.2, 0.25) is 0 Å². The summed E-state index contributed by atoms with van der Waals surface area (Å²) in [6.07, 6.45) is 1.83. The molecule has 6 heteroatoms. The number of likely N-dealkylation sites (N-methyl/N-ethyl adjacent to an activating group) is 2. The minimum atomic E-state index is 0.754. The zero-order valence-corrected chi connectivity index (χ0v) is 25.5. The van der Waals surface area contributed by atoms with Crippen LogP contribution in [0.5, 0.6) is 0 Å². The summed E-state index contributed by atoms with van der Waals surface area (Å²) in [7, 11) is 4.35. The van der Waals surface area contributed by atoms with Crippen molar-refractivity contribution in [2.75, 3.05) is 45.6 Å². The van der Waals surface area contributed by atoms with Crippen LogP contribution in [0.4, 0.5) is 17.3 Å². The van der Waals surface area contributed by atoms with E-state index in [1.54, 1.807) is 0 Å². The molecule has 39 heavy (non-hydrogen) atoms. The molecule has 1 aliphatic heterocycles. The number of nitrogens with one attached hydrogen (secondary N) is 1. The monoisotopic (exact) mass is 528 g/mol. The van der Waals surface area contributed by atoms with Gasteiger partial charge in [-0.1, -0.05) is 45.5 Å². The normalized spacial score (nSPS) is 13.5. The molecule has 1 saturated heterocycles. The van der Waals surface area contributed by atoms with Crippen molar-refractivity contribution >= 4 is 28.6 Å². The molecular formula is C33H48N6. The third-order valence-electron chi connectivity index (χ3n) is 5.91. The molecule has 1 N–H and O–H groups in total. The molecule has 0 radical (unpaired) electrons. The first-order valence-electron chi connectivity index (χ1n) is 13.8. The highest BCUT2D eigenvalue weighted by molar-refractivity contribution is 5.83. The summed E-state index contributed by atoms with van der Waals surface area (Å²) in [6.45, 7) is 23.6. The molecule has 0 spiro atoms. The van der Waals surface area contributed by atoms with Gasteiger partial charge < -0.3 is 15.1 Å². The van der Waals surface area contributed by atoms with E-state index in [0.717, 1.165) is 56.9 Å². The Kier molecular flexibility index (Phi) is 13.0. The number of piperazine rings is 1. The van der Waals surface area contributed by atoms with Crippen LogP contribution in [0.3, 0.4) is 0 Å². The van der Waals surface area contributed by atoms with Crippen molar-refractivity contribution in [3.63, 3.8) is 0 Å². The average molecular weight is 529 g/mol. The number of benzene rings is 1. The summed E-state index contributed by atoms with van der Waals surface area (Å²) in [6, 6.07) is 16.1. The van der Waals surface area contributed by atoms with E-state index >= 15 is 0 Å². The number of pyridine rings is 2. The van der Waals surface area contributed by atoms with E-state index in [4.69, 9.17) is 0 Å². The van der Waals surface area contributed by atoms with Crippen molar-refractivity contribution in [3.05, 3.63) is 83.7 Å². The fourth-order valence-corrected chi connectivity index (χ4v) is 3.74. The number of anilines is 2. The molecular weight excluding hydrogens is 480 g/mol. The molecule has 1 aliphatic rings. The van der Waals surface area contributed by atoms with Crippen molar-refractivity contribution in [3.8, 4) is 0 Å². The SMILES string of the molecule is C=C(c1cnc(N=C(C)C)c(C)c1)c1ccc(Nc2ccccc2)nc1C.CC(C)C.CN1CCN(C)CC1. The van der Waals surface area contributed by atoms with Gasteiger partial charge in [0.1, 0.15) is 5.82 Å². The average Bonchev–Trinajstić information content (AvgIpc) is 2.87. The molecule has 2 aromatic heterocycles. The number of aromatic nitrogens is 2. The highest BCUT2D eigenvalue weighted by Crippen LogP contribution is 2.28. The topological polar surface area (TPSA) is 56.7 Å². The zero-order chi connectivity index (χ0) is 28.9. The van der Waals surface area contributed by atoms with Gasteiger partial charge in [0.2, 0.25) is 0 Å². The summed E-state index contributed by atoms with van der Waals surface area (Å²) in [5, 5.41) is 3.32. The number of para-hydroxylation sites is 1. The first kappa shape index (κ1) is 31.9. The third kappa shape index (κ3) is 11.5. The van der Waals surface area contributed by atoms with Crippen molar-refractivity contribution in [2.45, 2.75) is 48.5 Å². The predicted molar refractivity (Wildman–Crippen MR) is 170 cm³/mol.